The van der Waals surface area contributed by atoms with Crippen LogP contribution in [0.5, 0.6) is 0 Å². The van der Waals surface area contributed by atoms with Gasteiger partial charge in [-0.3, -0.25) is 4.90 Å². The van der Waals surface area contributed by atoms with Gasteiger partial charge in [0.2, 0.25) is 0 Å². The lowest BCUT2D eigenvalue weighted by Crippen LogP contribution is -2.48. The molecule has 2 saturated carbocycles. The van der Waals surface area contributed by atoms with E-state index in [2.05, 4.69) is 4.90 Å². The zero-order valence-electron chi connectivity index (χ0n) is 9.96. The fourth-order valence-electron chi connectivity index (χ4n) is 3.12. The van der Waals surface area contributed by atoms with Gasteiger partial charge in [-0.15, -0.1) is 0 Å². The van der Waals surface area contributed by atoms with Gasteiger partial charge >= 0.3 is 0 Å². The zero-order valence-corrected chi connectivity index (χ0v) is 9.96. The number of hydrogen-bond donors (Lipinski definition) is 1. The van der Waals surface area contributed by atoms with E-state index in [4.69, 9.17) is 5.73 Å². The predicted octanol–water partition coefficient (Wildman–Crippen LogP) is 2.52. The maximum Gasteiger partial charge on any atom is 0.0110 e. The van der Waals surface area contributed by atoms with Crippen LogP contribution in [0.3, 0.4) is 0 Å². The molecule has 2 rings (SSSR count). The molecule has 88 valence electrons. The summed E-state index contributed by atoms with van der Waals surface area (Å²) in [4.78, 5) is 2.74. The van der Waals surface area contributed by atoms with E-state index in [1.54, 1.807) is 0 Å². The summed E-state index contributed by atoms with van der Waals surface area (Å²) in [6, 6.07) is 1.75. The Morgan fingerprint density at radius 2 is 1.33 bits per heavy atom. The minimum atomic E-state index is 0.840. The van der Waals surface area contributed by atoms with E-state index >= 15 is 0 Å². The molecular formula is C13H26N2. The van der Waals surface area contributed by atoms with Crippen molar-refractivity contribution < 1.29 is 0 Å². The molecule has 0 aromatic rings. The molecule has 0 aromatic carbocycles. The smallest absolute Gasteiger partial charge is 0.0110 e. The van der Waals surface area contributed by atoms with Crippen molar-refractivity contribution in [2.75, 3.05) is 13.1 Å². The van der Waals surface area contributed by atoms with Crippen molar-refractivity contribution >= 4 is 0 Å². The largest absolute Gasteiger partial charge is 0.329 e. The first kappa shape index (κ1) is 11.4. The van der Waals surface area contributed by atoms with Crippen LogP contribution in [0.2, 0.25) is 0 Å². The second-order valence-corrected chi connectivity index (χ2v) is 5.26. The molecule has 0 amide bonds. The Morgan fingerprint density at radius 3 is 1.73 bits per heavy atom. The number of rotatable bonds is 4. The first-order valence-corrected chi connectivity index (χ1v) is 6.87. The Balaban J connectivity index is 1.88. The molecule has 2 fully saturated rings. The van der Waals surface area contributed by atoms with E-state index < -0.39 is 0 Å². The molecule has 0 unspecified atom stereocenters. The molecule has 0 atom stereocenters. The van der Waals surface area contributed by atoms with Crippen molar-refractivity contribution in [1.82, 2.24) is 4.90 Å². The van der Waals surface area contributed by atoms with Crippen molar-refractivity contribution in [3.63, 3.8) is 0 Å². The maximum absolute atomic E-state index is 5.75. The van der Waals surface area contributed by atoms with Gasteiger partial charge in [-0.25, -0.2) is 0 Å². The van der Waals surface area contributed by atoms with Crippen LogP contribution >= 0.6 is 0 Å². The van der Waals surface area contributed by atoms with Crippen molar-refractivity contribution in [2.45, 2.75) is 69.9 Å². The lowest BCUT2D eigenvalue weighted by atomic mass is 9.89. The Hall–Kier alpha value is -0.0800. The molecular weight excluding hydrogens is 184 g/mol. The van der Waals surface area contributed by atoms with Crippen molar-refractivity contribution in [2.24, 2.45) is 5.73 Å². The summed E-state index contributed by atoms with van der Waals surface area (Å²) in [7, 11) is 0. The SMILES string of the molecule is NCCN(C1CCCCCC1)C1CCC1. The van der Waals surface area contributed by atoms with Crippen LogP contribution in [-0.4, -0.2) is 30.1 Å². The highest BCUT2D eigenvalue weighted by Gasteiger charge is 2.29. The third kappa shape index (κ3) is 2.94. The van der Waals surface area contributed by atoms with Gasteiger partial charge in [-0.2, -0.15) is 0 Å². The summed E-state index contributed by atoms with van der Waals surface area (Å²) in [6.45, 7) is 1.97. The topological polar surface area (TPSA) is 29.3 Å². The number of nitrogens with zero attached hydrogens (tertiary/aromatic N) is 1. The van der Waals surface area contributed by atoms with Crippen LogP contribution in [0.4, 0.5) is 0 Å². The molecule has 2 aliphatic carbocycles. The van der Waals surface area contributed by atoms with E-state index in [1.165, 1.54) is 57.8 Å². The van der Waals surface area contributed by atoms with Crippen molar-refractivity contribution in [3.05, 3.63) is 0 Å². The van der Waals surface area contributed by atoms with E-state index in [-0.39, 0.29) is 0 Å². The van der Waals surface area contributed by atoms with Crippen LogP contribution in [0.25, 0.3) is 0 Å². The Labute approximate surface area is 94.2 Å². The molecule has 0 aliphatic heterocycles. The molecule has 15 heavy (non-hydrogen) atoms. The Morgan fingerprint density at radius 1 is 0.800 bits per heavy atom. The molecule has 0 heterocycles. The summed E-state index contributed by atoms with van der Waals surface area (Å²) < 4.78 is 0. The van der Waals surface area contributed by atoms with Gasteiger partial charge in [0.1, 0.15) is 0 Å². The number of nitrogens with two attached hydrogens (primary N) is 1. The monoisotopic (exact) mass is 210 g/mol. The lowest BCUT2D eigenvalue weighted by Gasteiger charge is -2.42. The maximum atomic E-state index is 5.75. The summed E-state index contributed by atoms with van der Waals surface area (Å²) in [5, 5.41) is 0. The fraction of sp³-hybridized carbons (Fsp3) is 1.00. The summed E-state index contributed by atoms with van der Waals surface area (Å²) in [5.74, 6) is 0. The highest BCUT2D eigenvalue weighted by molar-refractivity contribution is 4.86. The van der Waals surface area contributed by atoms with Crippen molar-refractivity contribution in [3.8, 4) is 0 Å². The van der Waals surface area contributed by atoms with Gasteiger partial charge in [0.25, 0.3) is 0 Å². The van der Waals surface area contributed by atoms with Crippen LogP contribution in [0, 0.1) is 0 Å². The third-order valence-electron chi connectivity index (χ3n) is 4.22. The molecule has 2 nitrogen and oxygen atoms in total. The van der Waals surface area contributed by atoms with Gasteiger partial charge in [0.15, 0.2) is 0 Å². The van der Waals surface area contributed by atoms with Crippen LogP contribution in [0.15, 0.2) is 0 Å². The quantitative estimate of drug-likeness (QED) is 0.722. The molecule has 0 saturated heterocycles. The highest BCUT2D eigenvalue weighted by Crippen LogP contribution is 2.30. The predicted molar refractivity (Wildman–Crippen MR) is 64.9 cm³/mol. The molecule has 2 N–H and O–H groups in total. The average molecular weight is 210 g/mol. The van der Waals surface area contributed by atoms with E-state index in [9.17, 15) is 0 Å². The van der Waals surface area contributed by atoms with Crippen LogP contribution in [0.1, 0.15) is 57.8 Å². The van der Waals surface area contributed by atoms with Crippen molar-refractivity contribution in [1.29, 1.82) is 0 Å². The molecule has 0 spiro atoms. The van der Waals surface area contributed by atoms with Gasteiger partial charge in [0.05, 0.1) is 0 Å². The van der Waals surface area contributed by atoms with Crippen LogP contribution < -0.4 is 5.73 Å². The van der Waals surface area contributed by atoms with E-state index in [0.717, 1.165) is 25.2 Å². The second kappa shape index (κ2) is 5.86. The average Bonchev–Trinajstić information content (AvgIpc) is 2.42. The van der Waals surface area contributed by atoms with Gasteiger partial charge in [-0.1, -0.05) is 32.1 Å². The van der Waals surface area contributed by atoms with Gasteiger partial charge in [0, 0.05) is 25.2 Å². The lowest BCUT2D eigenvalue weighted by molar-refractivity contribution is 0.0743. The highest BCUT2D eigenvalue weighted by atomic mass is 15.2. The minimum absolute atomic E-state index is 0.840. The van der Waals surface area contributed by atoms with Gasteiger partial charge < -0.3 is 5.73 Å². The summed E-state index contributed by atoms with van der Waals surface area (Å²) in [6.07, 6.45) is 12.9. The van der Waals surface area contributed by atoms with E-state index in [1.807, 2.05) is 0 Å². The minimum Gasteiger partial charge on any atom is -0.329 e. The summed E-state index contributed by atoms with van der Waals surface area (Å²) >= 11 is 0. The molecule has 2 heteroatoms. The molecule has 2 aliphatic rings. The molecule has 0 bridgehead atoms. The zero-order chi connectivity index (χ0) is 10.5. The van der Waals surface area contributed by atoms with Crippen LogP contribution in [-0.2, 0) is 0 Å². The van der Waals surface area contributed by atoms with E-state index in [0.29, 0.717) is 0 Å². The fourth-order valence-corrected chi connectivity index (χ4v) is 3.12. The second-order valence-electron chi connectivity index (χ2n) is 5.26. The van der Waals surface area contributed by atoms with Gasteiger partial charge in [-0.05, 0) is 25.7 Å². The number of hydrogen-bond acceptors (Lipinski definition) is 2. The Bertz CT molecular complexity index is 169. The normalized spacial score (nSPS) is 25.2. The first-order valence-electron chi connectivity index (χ1n) is 6.87. The third-order valence-corrected chi connectivity index (χ3v) is 4.22. The standard InChI is InChI=1S/C13H26N2/c14-10-11-15(13-8-5-9-13)12-6-3-1-2-4-7-12/h12-13H,1-11,14H2. The molecule has 0 aromatic heterocycles. The first-order chi connectivity index (χ1) is 7.42. The molecule has 0 radical (unpaired) electrons. The Kier molecular flexibility index (Phi) is 4.45. The summed E-state index contributed by atoms with van der Waals surface area (Å²) in [5.41, 5.74) is 5.75.